The fourth-order valence-electron chi connectivity index (χ4n) is 1.98. The van der Waals surface area contributed by atoms with Crippen LogP contribution in [0.1, 0.15) is 33.1 Å². The van der Waals surface area contributed by atoms with Gasteiger partial charge in [-0.3, -0.25) is 4.79 Å². The molecule has 2 N–H and O–H groups in total. The standard InChI is InChI=1S/C15H16F2N2OS/c1-8-4-5-14(21-8)9(2)19(3)15(20)10-6-11(16)12(17)7-13(10)18/h4-7,9H,18H2,1-3H3. The highest BCUT2D eigenvalue weighted by atomic mass is 32.1. The minimum atomic E-state index is -1.08. The molecule has 0 saturated heterocycles. The number of nitrogens with zero attached hydrogens (tertiary/aromatic N) is 1. The van der Waals surface area contributed by atoms with Crippen LogP contribution < -0.4 is 5.73 Å². The van der Waals surface area contributed by atoms with Gasteiger partial charge in [0, 0.05) is 28.6 Å². The fourth-order valence-corrected chi connectivity index (χ4v) is 2.95. The maximum Gasteiger partial charge on any atom is 0.256 e. The molecule has 2 aromatic rings. The topological polar surface area (TPSA) is 46.3 Å². The van der Waals surface area contributed by atoms with Gasteiger partial charge in [0.1, 0.15) is 0 Å². The van der Waals surface area contributed by atoms with Gasteiger partial charge in [-0.2, -0.15) is 0 Å². The number of anilines is 1. The number of rotatable bonds is 3. The lowest BCUT2D eigenvalue weighted by Gasteiger charge is -2.24. The summed E-state index contributed by atoms with van der Waals surface area (Å²) >= 11 is 1.59. The molecule has 0 saturated carbocycles. The molecule has 6 heteroatoms. The summed E-state index contributed by atoms with van der Waals surface area (Å²) in [5, 5.41) is 0. The first kappa shape index (κ1) is 15.4. The van der Waals surface area contributed by atoms with E-state index in [9.17, 15) is 13.6 Å². The number of carbonyl (C=O) groups is 1. The van der Waals surface area contributed by atoms with Crippen LogP contribution in [-0.2, 0) is 0 Å². The third-order valence-corrected chi connectivity index (χ3v) is 4.57. The summed E-state index contributed by atoms with van der Waals surface area (Å²) in [4.78, 5) is 16.0. The molecule has 0 aliphatic carbocycles. The summed E-state index contributed by atoms with van der Waals surface area (Å²) in [6.45, 7) is 3.86. The number of nitrogen functional groups attached to an aromatic ring is 1. The van der Waals surface area contributed by atoms with Crippen LogP contribution in [0.25, 0.3) is 0 Å². The van der Waals surface area contributed by atoms with Crippen LogP contribution in [0.15, 0.2) is 24.3 Å². The van der Waals surface area contributed by atoms with Gasteiger partial charge in [-0.15, -0.1) is 11.3 Å². The molecule has 0 spiro atoms. The lowest BCUT2D eigenvalue weighted by atomic mass is 10.1. The molecule has 0 aliphatic heterocycles. The van der Waals surface area contributed by atoms with Gasteiger partial charge in [0.05, 0.1) is 11.6 Å². The molecule has 3 nitrogen and oxygen atoms in total. The van der Waals surface area contributed by atoms with E-state index in [0.29, 0.717) is 0 Å². The third kappa shape index (κ3) is 3.05. The molecule has 1 unspecified atom stereocenters. The monoisotopic (exact) mass is 310 g/mol. The number of carbonyl (C=O) groups excluding carboxylic acids is 1. The molecular weight excluding hydrogens is 294 g/mol. The summed E-state index contributed by atoms with van der Waals surface area (Å²) in [5.41, 5.74) is 5.52. The van der Waals surface area contributed by atoms with Crippen molar-refractivity contribution in [3.8, 4) is 0 Å². The van der Waals surface area contributed by atoms with Crippen LogP contribution >= 0.6 is 11.3 Å². The normalized spacial score (nSPS) is 12.2. The Morgan fingerprint density at radius 2 is 1.90 bits per heavy atom. The van der Waals surface area contributed by atoms with E-state index in [1.54, 1.807) is 18.4 Å². The zero-order valence-corrected chi connectivity index (χ0v) is 12.8. The Kier molecular flexibility index (Phi) is 4.27. The third-order valence-electron chi connectivity index (χ3n) is 3.40. The van der Waals surface area contributed by atoms with Crippen LogP contribution in [0, 0.1) is 18.6 Å². The molecule has 1 heterocycles. The van der Waals surface area contributed by atoms with Crippen molar-refractivity contribution in [2.45, 2.75) is 19.9 Å². The number of amides is 1. The molecule has 0 aliphatic rings. The first-order chi connectivity index (χ1) is 9.81. The molecule has 1 aromatic heterocycles. The van der Waals surface area contributed by atoms with Crippen molar-refractivity contribution in [2.75, 3.05) is 12.8 Å². The summed E-state index contributed by atoms with van der Waals surface area (Å²) in [6, 6.07) is 5.42. The molecular formula is C15H16F2N2OS. The van der Waals surface area contributed by atoms with Gasteiger partial charge in [0.2, 0.25) is 0 Å². The minimum Gasteiger partial charge on any atom is -0.398 e. The lowest BCUT2D eigenvalue weighted by Crippen LogP contribution is -2.30. The zero-order valence-electron chi connectivity index (χ0n) is 12.0. The van der Waals surface area contributed by atoms with Gasteiger partial charge in [0.25, 0.3) is 5.91 Å². The number of aryl methyl sites for hydroxylation is 1. The van der Waals surface area contributed by atoms with Gasteiger partial charge in [0.15, 0.2) is 11.6 Å². The Balaban J connectivity index is 2.29. The Morgan fingerprint density at radius 1 is 1.29 bits per heavy atom. The fraction of sp³-hybridized carbons (Fsp3) is 0.267. The predicted octanol–water partition coefficient (Wildman–Crippen LogP) is 3.75. The molecule has 1 aromatic carbocycles. The van der Waals surface area contributed by atoms with E-state index in [2.05, 4.69) is 0 Å². The second-order valence-corrected chi connectivity index (χ2v) is 6.21. The summed E-state index contributed by atoms with van der Waals surface area (Å²) in [5.74, 6) is -2.58. The average molecular weight is 310 g/mol. The second-order valence-electron chi connectivity index (χ2n) is 4.89. The van der Waals surface area contributed by atoms with Gasteiger partial charge in [-0.05, 0) is 32.0 Å². The minimum absolute atomic E-state index is 0.0310. The highest BCUT2D eigenvalue weighted by Crippen LogP contribution is 2.28. The van der Waals surface area contributed by atoms with Gasteiger partial charge >= 0.3 is 0 Å². The first-order valence-corrected chi connectivity index (χ1v) is 7.21. The Bertz CT molecular complexity index is 684. The second kappa shape index (κ2) is 5.81. The van der Waals surface area contributed by atoms with E-state index in [-0.39, 0.29) is 17.3 Å². The maximum absolute atomic E-state index is 13.3. The van der Waals surface area contributed by atoms with E-state index < -0.39 is 17.5 Å². The van der Waals surface area contributed by atoms with E-state index in [1.165, 1.54) is 4.90 Å². The molecule has 1 atom stereocenters. The van der Waals surface area contributed by atoms with Crippen molar-refractivity contribution < 1.29 is 13.6 Å². The van der Waals surface area contributed by atoms with Crippen LogP contribution in [0.2, 0.25) is 0 Å². The maximum atomic E-state index is 13.3. The predicted molar refractivity (Wildman–Crippen MR) is 80.3 cm³/mol. The highest BCUT2D eigenvalue weighted by Gasteiger charge is 2.23. The average Bonchev–Trinajstić information content (AvgIpc) is 2.87. The van der Waals surface area contributed by atoms with Crippen LogP contribution in [0.4, 0.5) is 14.5 Å². The zero-order chi connectivity index (χ0) is 15.7. The molecule has 0 bridgehead atoms. The molecule has 0 radical (unpaired) electrons. The molecule has 1 amide bonds. The van der Waals surface area contributed by atoms with Gasteiger partial charge in [-0.25, -0.2) is 8.78 Å². The number of hydrogen-bond acceptors (Lipinski definition) is 3. The number of thiophene rings is 1. The number of nitrogens with two attached hydrogens (primary N) is 1. The highest BCUT2D eigenvalue weighted by molar-refractivity contribution is 7.12. The van der Waals surface area contributed by atoms with Gasteiger partial charge < -0.3 is 10.6 Å². The summed E-state index contributed by atoms with van der Waals surface area (Å²) in [7, 11) is 1.61. The quantitative estimate of drug-likeness (QED) is 0.878. The smallest absolute Gasteiger partial charge is 0.256 e. The van der Waals surface area contributed by atoms with E-state index in [0.717, 1.165) is 21.9 Å². The van der Waals surface area contributed by atoms with Crippen molar-refractivity contribution in [3.05, 3.63) is 51.2 Å². The van der Waals surface area contributed by atoms with Crippen molar-refractivity contribution in [1.82, 2.24) is 4.90 Å². The van der Waals surface area contributed by atoms with Crippen molar-refractivity contribution in [3.63, 3.8) is 0 Å². The Morgan fingerprint density at radius 3 is 2.48 bits per heavy atom. The van der Waals surface area contributed by atoms with Crippen molar-refractivity contribution in [2.24, 2.45) is 0 Å². The van der Waals surface area contributed by atoms with E-state index in [1.807, 2.05) is 26.0 Å². The molecule has 21 heavy (non-hydrogen) atoms. The Labute approximate surface area is 126 Å². The van der Waals surface area contributed by atoms with Gasteiger partial charge in [-0.1, -0.05) is 0 Å². The van der Waals surface area contributed by atoms with Crippen LogP contribution in [0.5, 0.6) is 0 Å². The van der Waals surface area contributed by atoms with Crippen LogP contribution in [0.3, 0.4) is 0 Å². The summed E-state index contributed by atoms with van der Waals surface area (Å²) < 4.78 is 26.4. The first-order valence-electron chi connectivity index (χ1n) is 6.39. The molecule has 0 fully saturated rings. The summed E-state index contributed by atoms with van der Waals surface area (Å²) in [6.07, 6.45) is 0. The number of halogens is 2. The van der Waals surface area contributed by atoms with Crippen molar-refractivity contribution in [1.29, 1.82) is 0 Å². The molecule has 2 rings (SSSR count). The lowest BCUT2D eigenvalue weighted by molar-refractivity contribution is 0.0745. The van der Waals surface area contributed by atoms with E-state index in [4.69, 9.17) is 5.73 Å². The number of benzene rings is 1. The molecule has 112 valence electrons. The van der Waals surface area contributed by atoms with Crippen molar-refractivity contribution >= 4 is 22.9 Å². The van der Waals surface area contributed by atoms with E-state index >= 15 is 0 Å². The largest absolute Gasteiger partial charge is 0.398 e. The Hall–Kier alpha value is -1.95. The van der Waals surface area contributed by atoms with Crippen LogP contribution in [-0.4, -0.2) is 17.9 Å². The SMILES string of the molecule is Cc1ccc(C(C)N(C)C(=O)c2cc(F)c(F)cc2N)s1. The number of hydrogen-bond donors (Lipinski definition) is 1.